The molecule has 1 N–H and O–H groups in total. The first-order valence-electron chi connectivity index (χ1n) is 5.37. The summed E-state index contributed by atoms with van der Waals surface area (Å²) >= 11 is 1.59. The zero-order valence-corrected chi connectivity index (χ0v) is 9.30. The van der Waals surface area contributed by atoms with Crippen LogP contribution in [0, 0.1) is 11.8 Å². The van der Waals surface area contributed by atoms with Crippen molar-refractivity contribution >= 4 is 17.2 Å². The monoisotopic (exact) mass is 222 g/mol. The summed E-state index contributed by atoms with van der Waals surface area (Å²) in [5, 5.41) is 7.29. The first-order chi connectivity index (χ1) is 7.34. The minimum absolute atomic E-state index is 0.214. The summed E-state index contributed by atoms with van der Waals surface area (Å²) in [6.07, 6.45) is 0. The van der Waals surface area contributed by atoms with Crippen LogP contribution in [0.25, 0.3) is 0 Å². The SMILES string of the molecule is O=C(c1ccsc1)N1C[C@@H]2CNC[C@H]2C1. The Kier molecular flexibility index (Phi) is 2.25. The Balaban J connectivity index is 1.72. The molecule has 4 heteroatoms. The van der Waals surface area contributed by atoms with Crippen LogP contribution in [0.4, 0.5) is 0 Å². The third-order valence-electron chi connectivity index (χ3n) is 3.44. The van der Waals surface area contributed by atoms with Gasteiger partial charge in [-0.25, -0.2) is 0 Å². The topological polar surface area (TPSA) is 32.3 Å². The van der Waals surface area contributed by atoms with Crippen molar-refractivity contribution < 1.29 is 4.79 Å². The van der Waals surface area contributed by atoms with E-state index in [-0.39, 0.29) is 5.91 Å². The lowest BCUT2D eigenvalue weighted by atomic mass is 10.0. The molecule has 2 atom stereocenters. The maximum Gasteiger partial charge on any atom is 0.254 e. The molecular weight excluding hydrogens is 208 g/mol. The maximum absolute atomic E-state index is 12.1. The summed E-state index contributed by atoms with van der Waals surface area (Å²) in [5.41, 5.74) is 0.855. The molecule has 80 valence electrons. The van der Waals surface area contributed by atoms with Crippen LogP contribution in [0.5, 0.6) is 0 Å². The summed E-state index contributed by atoms with van der Waals surface area (Å²) in [4.78, 5) is 14.1. The molecule has 2 saturated heterocycles. The molecule has 1 aromatic rings. The van der Waals surface area contributed by atoms with Gasteiger partial charge in [0.25, 0.3) is 5.91 Å². The number of hydrogen-bond acceptors (Lipinski definition) is 3. The van der Waals surface area contributed by atoms with Crippen LogP contribution >= 0.6 is 11.3 Å². The Morgan fingerprint density at radius 2 is 2.13 bits per heavy atom. The number of thiophene rings is 1. The van der Waals surface area contributed by atoms with Gasteiger partial charge in [-0.15, -0.1) is 0 Å². The molecule has 0 spiro atoms. The predicted molar refractivity (Wildman–Crippen MR) is 60.1 cm³/mol. The smallest absolute Gasteiger partial charge is 0.254 e. The number of likely N-dealkylation sites (tertiary alicyclic amines) is 1. The van der Waals surface area contributed by atoms with Crippen molar-refractivity contribution in [3.8, 4) is 0 Å². The van der Waals surface area contributed by atoms with E-state index in [2.05, 4.69) is 5.32 Å². The van der Waals surface area contributed by atoms with Gasteiger partial charge in [0.2, 0.25) is 0 Å². The quantitative estimate of drug-likeness (QED) is 0.770. The normalized spacial score (nSPS) is 29.5. The molecule has 1 aromatic heterocycles. The lowest BCUT2D eigenvalue weighted by molar-refractivity contribution is 0.0782. The van der Waals surface area contributed by atoms with E-state index < -0.39 is 0 Å². The average molecular weight is 222 g/mol. The molecule has 2 aliphatic rings. The van der Waals surface area contributed by atoms with Gasteiger partial charge in [0, 0.05) is 31.6 Å². The zero-order chi connectivity index (χ0) is 10.3. The van der Waals surface area contributed by atoms with E-state index in [1.807, 2.05) is 21.7 Å². The van der Waals surface area contributed by atoms with Crippen LogP contribution in [-0.4, -0.2) is 37.0 Å². The number of nitrogens with zero attached hydrogens (tertiary/aromatic N) is 1. The molecule has 1 amide bonds. The number of carbonyl (C=O) groups is 1. The van der Waals surface area contributed by atoms with E-state index in [4.69, 9.17) is 0 Å². The van der Waals surface area contributed by atoms with Crippen LogP contribution in [-0.2, 0) is 0 Å². The summed E-state index contributed by atoms with van der Waals surface area (Å²) in [6.45, 7) is 4.04. The van der Waals surface area contributed by atoms with Gasteiger partial charge in [0.15, 0.2) is 0 Å². The minimum Gasteiger partial charge on any atom is -0.338 e. The van der Waals surface area contributed by atoms with Crippen LogP contribution in [0.15, 0.2) is 16.8 Å². The molecule has 0 aliphatic carbocycles. The Morgan fingerprint density at radius 1 is 1.40 bits per heavy atom. The standard InChI is InChI=1S/C11H14N2OS/c14-11(8-1-2-15-7-8)13-5-9-3-12-4-10(9)6-13/h1-2,7,9-10,12H,3-6H2/t9-,10-/m0/s1. The van der Waals surface area contributed by atoms with Crippen LogP contribution in [0.1, 0.15) is 10.4 Å². The molecule has 0 radical (unpaired) electrons. The largest absolute Gasteiger partial charge is 0.338 e. The van der Waals surface area contributed by atoms with Gasteiger partial charge in [0.1, 0.15) is 0 Å². The van der Waals surface area contributed by atoms with E-state index in [0.717, 1.165) is 31.7 Å². The van der Waals surface area contributed by atoms with Crippen molar-refractivity contribution in [3.63, 3.8) is 0 Å². The van der Waals surface area contributed by atoms with Gasteiger partial charge in [-0.1, -0.05) is 0 Å². The first kappa shape index (κ1) is 9.36. The summed E-state index contributed by atoms with van der Waals surface area (Å²) in [5.74, 6) is 1.59. The summed E-state index contributed by atoms with van der Waals surface area (Å²) < 4.78 is 0. The fourth-order valence-corrected chi connectivity index (χ4v) is 3.22. The lowest BCUT2D eigenvalue weighted by Gasteiger charge is -2.16. The van der Waals surface area contributed by atoms with Gasteiger partial charge in [-0.3, -0.25) is 4.79 Å². The molecule has 15 heavy (non-hydrogen) atoms. The second kappa shape index (κ2) is 3.61. The summed E-state index contributed by atoms with van der Waals surface area (Å²) in [6, 6.07) is 1.92. The van der Waals surface area contributed by atoms with E-state index in [9.17, 15) is 4.79 Å². The number of hydrogen-bond donors (Lipinski definition) is 1. The Bertz CT molecular complexity index is 351. The van der Waals surface area contributed by atoms with Gasteiger partial charge in [-0.05, 0) is 23.3 Å². The van der Waals surface area contributed by atoms with Crippen molar-refractivity contribution in [2.45, 2.75) is 0 Å². The number of rotatable bonds is 1. The van der Waals surface area contributed by atoms with E-state index in [0.29, 0.717) is 11.8 Å². The highest BCUT2D eigenvalue weighted by atomic mass is 32.1. The third kappa shape index (κ3) is 1.58. The van der Waals surface area contributed by atoms with Crippen molar-refractivity contribution in [2.75, 3.05) is 26.2 Å². The van der Waals surface area contributed by atoms with Gasteiger partial charge in [-0.2, -0.15) is 11.3 Å². The molecule has 2 aliphatic heterocycles. The maximum atomic E-state index is 12.1. The van der Waals surface area contributed by atoms with E-state index in [1.165, 1.54) is 0 Å². The van der Waals surface area contributed by atoms with Gasteiger partial charge < -0.3 is 10.2 Å². The van der Waals surface area contributed by atoms with Crippen LogP contribution in [0.2, 0.25) is 0 Å². The number of carbonyl (C=O) groups excluding carboxylic acids is 1. The number of fused-ring (bicyclic) bond motifs is 1. The molecule has 0 saturated carbocycles. The van der Waals surface area contributed by atoms with Crippen LogP contribution in [0.3, 0.4) is 0 Å². The molecule has 0 bridgehead atoms. The number of amides is 1. The van der Waals surface area contributed by atoms with E-state index >= 15 is 0 Å². The highest BCUT2D eigenvalue weighted by Gasteiger charge is 2.38. The Hall–Kier alpha value is -0.870. The molecule has 0 unspecified atom stereocenters. The highest BCUT2D eigenvalue weighted by molar-refractivity contribution is 7.08. The lowest BCUT2D eigenvalue weighted by Crippen LogP contribution is -2.31. The molecule has 2 fully saturated rings. The molecule has 3 heterocycles. The van der Waals surface area contributed by atoms with Crippen molar-refractivity contribution in [3.05, 3.63) is 22.4 Å². The average Bonchev–Trinajstić information content (AvgIpc) is 2.92. The molecule has 0 aromatic carbocycles. The van der Waals surface area contributed by atoms with E-state index in [1.54, 1.807) is 11.3 Å². The highest BCUT2D eigenvalue weighted by Crippen LogP contribution is 2.27. The van der Waals surface area contributed by atoms with Crippen LogP contribution < -0.4 is 5.32 Å². The second-order valence-electron chi connectivity index (χ2n) is 4.40. The zero-order valence-electron chi connectivity index (χ0n) is 8.48. The summed E-state index contributed by atoms with van der Waals surface area (Å²) in [7, 11) is 0. The predicted octanol–water partition coefficient (Wildman–Crippen LogP) is 1.04. The molecule has 3 rings (SSSR count). The van der Waals surface area contributed by atoms with Crippen molar-refractivity contribution in [1.29, 1.82) is 0 Å². The second-order valence-corrected chi connectivity index (χ2v) is 5.18. The van der Waals surface area contributed by atoms with Gasteiger partial charge in [0.05, 0.1) is 5.56 Å². The number of nitrogens with one attached hydrogen (secondary N) is 1. The third-order valence-corrected chi connectivity index (χ3v) is 4.13. The Labute approximate surface area is 93.1 Å². The van der Waals surface area contributed by atoms with Crippen molar-refractivity contribution in [2.24, 2.45) is 11.8 Å². The molecule has 3 nitrogen and oxygen atoms in total. The van der Waals surface area contributed by atoms with Gasteiger partial charge >= 0.3 is 0 Å². The van der Waals surface area contributed by atoms with Crippen molar-refractivity contribution in [1.82, 2.24) is 10.2 Å². The fourth-order valence-electron chi connectivity index (χ4n) is 2.59. The Morgan fingerprint density at radius 3 is 2.73 bits per heavy atom. The fraction of sp³-hybridized carbons (Fsp3) is 0.545. The minimum atomic E-state index is 0.214. The molecular formula is C11H14N2OS. The first-order valence-corrected chi connectivity index (χ1v) is 6.31.